The van der Waals surface area contributed by atoms with Crippen molar-refractivity contribution < 1.29 is 4.42 Å². The van der Waals surface area contributed by atoms with Gasteiger partial charge in [0.2, 0.25) is 0 Å². The predicted molar refractivity (Wildman–Crippen MR) is 164 cm³/mol. The fourth-order valence-corrected chi connectivity index (χ4v) is 6.33. The summed E-state index contributed by atoms with van der Waals surface area (Å²) in [5.74, 6) is 2.18. The number of pyridine rings is 1. The lowest BCUT2D eigenvalue weighted by Gasteiger charge is -2.33. The van der Waals surface area contributed by atoms with Crippen LogP contribution in [0.2, 0.25) is 15.1 Å². The number of anilines is 2. The normalized spacial score (nSPS) is 19.9. The summed E-state index contributed by atoms with van der Waals surface area (Å²) in [7, 11) is 0. The van der Waals surface area contributed by atoms with Gasteiger partial charge in [-0.15, -0.1) is 0 Å². The lowest BCUT2D eigenvalue weighted by molar-refractivity contribution is 0.438. The van der Waals surface area contributed by atoms with E-state index in [1.807, 2.05) is 42.5 Å². The van der Waals surface area contributed by atoms with Crippen molar-refractivity contribution in [1.82, 2.24) is 10.3 Å². The molecular weight excluding hydrogens is 571 g/mol. The Morgan fingerprint density at radius 1 is 0.923 bits per heavy atom. The third-order valence-electron chi connectivity index (χ3n) is 7.55. The van der Waals surface area contributed by atoms with E-state index in [-0.39, 0.29) is 12.1 Å². The zero-order chi connectivity index (χ0) is 27.1. The molecule has 39 heavy (non-hydrogen) atoms. The molecule has 4 heterocycles. The summed E-state index contributed by atoms with van der Waals surface area (Å²) in [6.07, 6.45) is 4.13. The average molecular weight is 598 g/mol. The molecule has 1 N–H and O–H groups in total. The quantitative estimate of drug-likeness (QED) is 0.232. The average Bonchev–Trinajstić information content (AvgIpc) is 3.56. The van der Waals surface area contributed by atoms with Crippen molar-refractivity contribution >= 4 is 63.5 Å². The van der Waals surface area contributed by atoms with Crippen LogP contribution in [0.1, 0.15) is 43.3 Å². The number of halogens is 3. The largest absolute Gasteiger partial charge is 0.459 e. The van der Waals surface area contributed by atoms with E-state index in [1.165, 1.54) is 12.8 Å². The molecule has 0 aliphatic carbocycles. The maximum Gasteiger partial charge on any atom is 0.174 e. The Morgan fingerprint density at radius 3 is 2.46 bits per heavy atom. The number of hydrogen-bond donors (Lipinski definition) is 1. The molecule has 4 aromatic rings. The number of hydrogen-bond acceptors (Lipinski definition) is 4. The molecule has 2 fully saturated rings. The molecule has 0 bridgehead atoms. The van der Waals surface area contributed by atoms with Crippen molar-refractivity contribution in [2.75, 3.05) is 22.9 Å². The van der Waals surface area contributed by atoms with Gasteiger partial charge in [0.05, 0.1) is 32.5 Å². The van der Waals surface area contributed by atoms with E-state index in [2.05, 4.69) is 39.2 Å². The van der Waals surface area contributed by atoms with Crippen molar-refractivity contribution in [2.45, 2.75) is 31.8 Å². The van der Waals surface area contributed by atoms with Crippen LogP contribution in [0, 0.1) is 5.92 Å². The minimum Gasteiger partial charge on any atom is -0.459 e. The van der Waals surface area contributed by atoms with E-state index in [0.717, 1.165) is 47.4 Å². The van der Waals surface area contributed by atoms with Crippen LogP contribution in [0.25, 0.3) is 11.3 Å². The molecular formula is C30H27Cl3N4OS. The van der Waals surface area contributed by atoms with Crippen LogP contribution in [0.3, 0.4) is 0 Å². The first kappa shape index (κ1) is 26.5. The Morgan fingerprint density at radius 2 is 1.74 bits per heavy atom. The highest BCUT2D eigenvalue weighted by atomic mass is 35.5. The van der Waals surface area contributed by atoms with Gasteiger partial charge in [-0.25, -0.2) is 0 Å². The second-order valence-electron chi connectivity index (χ2n) is 10.1. The molecule has 0 saturated carbocycles. The van der Waals surface area contributed by atoms with E-state index in [9.17, 15) is 0 Å². The maximum absolute atomic E-state index is 6.89. The molecule has 2 aromatic heterocycles. The van der Waals surface area contributed by atoms with Crippen molar-refractivity contribution in [1.29, 1.82) is 0 Å². The molecule has 0 spiro atoms. The molecule has 0 unspecified atom stereocenters. The summed E-state index contributed by atoms with van der Waals surface area (Å²) in [6.45, 7) is 4.33. The van der Waals surface area contributed by atoms with Crippen LogP contribution in [0.5, 0.6) is 0 Å². The van der Waals surface area contributed by atoms with Gasteiger partial charge in [-0.1, -0.05) is 47.8 Å². The number of nitrogens with one attached hydrogen (secondary N) is 1. The highest BCUT2D eigenvalue weighted by molar-refractivity contribution is 7.80. The summed E-state index contributed by atoms with van der Waals surface area (Å²) in [5.41, 5.74) is 3.66. The molecule has 0 radical (unpaired) electrons. The topological polar surface area (TPSA) is 44.5 Å². The van der Waals surface area contributed by atoms with Crippen molar-refractivity contribution in [3.63, 3.8) is 0 Å². The zero-order valence-corrected chi connectivity index (χ0v) is 24.4. The first-order chi connectivity index (χ1) is 18.9. The van der Waals surface area contributed by atoms with E-state index >= 15 is 0 Å². The van der Waals surface area contributed by atoms with Crippen LogP contribution in [-0.2, 0) is 0 Å². The minimum atomic E-state index is -0.290. The number of piperidine rings is 1. The van der Waals surface area contributed by atoms with E-state index < -0.39 is 0 Å². The number of furan rings is 1. The Hall–Kier alpha value is -2.77. The lowest BCUT2D eigenvalue weighted by atomic mass is 9.98. The molecule has 2 aliphatic rings. The van der Waals surface area contributed by atoms with Crippen molar-refractivity contribution in [2.24, 2.45) is 5.92 Å². The van der Waals surface area contributed by atoms with Crippen molar-refractivity contribution in [3.8, 4) is 11.3 Å². The van der Waals surface area contributed by atoms with Gasteiger partial charge < -0.3 is 19.5 Å². The molecule has 200 valence electrons. The summed E-state index contributed by atoms with van der Waals surface area (Å²) < 4.78 is 6.45. The smallest absolute Gasteiger partial charge is 0.174 e. The van der Waals surface area contributed by atoms with Crippen LogP contribution < -0.4 is 15.1 Å². The first-order valence-electron chi connectivity index (χ1n) is 13.0. The number of aromatic nitrogens is 1. The van der Waals surface area contributed by atoms with Gasteiger partial charge in [0, 0.05) is 30.5 Å². The highest BCUT2D eigenvalue weighted by Crippen LogP contribution is 2.44. The van der Waals surface area contributed by atoms with Crippen LogP contribution in [-0.4, -0.2) is 23.2 Å². The van der Waals surface area contributed by atoms with Crippen LogP contribution in [0.4, 0.5) is 11.4 Å². The van der Waals surface area contributed by atoms with Gasteiger partial charge in [0.25, 0.3) is 0 Å². The standard InChI is InChI=1S/C30H27Cl3N4OS/c1-18-11-14-36(15-12-18)25-8-6-20(17-23(25)33)37-29(28(35-30(37)39)24-4-2-3-13-34-24)27-10-9-26(38-27)19-5-7-21(31)22(32)16-19/h2-10,13,16-18,28-29H,11-12,14-15H2,1H3,(H,35,39)/t28-,29+/m0/s1. The summed E-state index contributed by atoms with van der Waals surface area (Å²) >= 11 is 25.2. The summed E-state index contributed by atoms with van der Waals surface area (Å²) in [4.78, 5) is 9.07. The summed E-state index contributed by atoms with van der Waals surface area (Å²) in [5, 5.41) is 5.74. The number of thiocarbonyl (C=S) groups is 1. The molecule has 2 atom stereocenters. The van der Waals surface area contributed by atoms with E-state index in [1.54, 1.807) is 18.3 Å². The SMILES string of the molecule is CC1CCN(c2ccc(N3C(=S)N[C@@H](c4ccccn4)[C@H]3c3ccc(-c4ccc(Cl)c(Cl)c4)o3)cc2Cl)CC1. The third kappa shape index (κ3) is 5.23. The maximum atomic E-state index is 6.89. The third-order valence-corrected chi connectivity index (χ3v) is 8.91. The molecule has 6 rings (SSSR count). The highest BCUT2D eigenvalue weighted by Gasteiger charge is 2.42. The number of rotatable bonds is 5. The Labute approximate surface area is 248 Å². The first-order valence-corrected chi connectivity index (χ1v) is 14.5. The number of benzene rings is 2. The summed E-state index contributed by atoms with van der Waals surface area (Å²) in [6, 6.07) is 20.9. The Kier molecular flexibility index (Phi) is 7.47. The van der Waals surface area contributed by atoms with E-state index in [4.69, 9.17) is 51.4 Å². The van der Waals surface area contributed by atoms with Gasteiger partial charge in [-0.3, -0.25) is 4.98 Å². The Balaban J connectivity index is 1.38. The number of nitrogens with zero attached hydrogens (tertiary/aromatic N) is 3. The molecule has 2 aliphatic heterocycles. The van der Waals surface area contributed by atoms with Crippen LogP contribution in [0.15, 0.2) is 77.3 Å². The Bertz CT molecular complexity index is 1500. The zero-order valence-electron chi connectivity index (χ0n) is 21.3. The fourth-order valence-electron chi connectivity index (χ4n) is 5.39. The minimum absolute atomic E-state index is 0.228. The van der Waals surface area contributed by atoms with E-state index in [0.29, 0.717) is 25.9 Å². The molecule has 0 amide bonds. The van der Waals surface area contributed by atoms with Gasteiger partial charge in [0.1, 0.15) is 17.6 Å². The lowest BCUT2D eigenvalue weighted by Crippen LogP contribution is -2.33. The van der Waals surface area contributed by atoms with Crippen molar-refractivity contribution in [3.05, 3.63) is 99.4 Å². The second kappa shape index (κ2) is 11.0. The van der Waals surface area contributed by atoms with Gasteiger partial charge in [-0.05, 0) is 91.6 Å². The molecule has 9 heteroatoms. The monoisotopic (exact) mass is 596 g/mol. The van der Waals surface area contributed by atoms with Gasteiger partial charge in [-0.2, -0.15) is 0 Å². The molecule has 2 aromatic carbocycles. The second-order valence-corrected chi connectivity index (χ2v) is 11.7. The fraction of sp³-hybridized carbons (Fsp3) is 0.267. The van der Waals surface area contributed by atoms with Crippen LogP contribution >= 0.6 is 47.0 Å². The molecule has 2 saturated heterocycles. The molecule has 5 nitrogen and oxygen atoms in total. The predicted octanol–water partition coefficient (Wildman–Crippen LogP) is 8.72. The van der Waals surface area contributed by atoms with Gasteiger partial charge >= 0.3 is 0 Å². The van der Waals surface area contributed by atoms with Gasteiger partial charge in [0.15, 0.2) is 5.11 Å².